The fourth-order valence-electron chi connectivity index (χ4n) is 3.21. The number of thiophene rings is 1. The monoisotopic (exact) mass is 428 g/mol. The van der Waals surface area contributed by atoms with E-state index in [4.69, 9.17) is 0 Å². The molecule has 154 valence electrons. The van der Waals surface area contributed by atoms with Crippen LogP contribution in [-0.2, 0) is 6.54 Å². The normalized spacial score (nSPS) is 12.4. The molecule has 1 N–H and O–H groups in total. The minimum atomic E-state index is -2.91. The van der Waals surface area contributed by atoms with Crippen molar-refractivity contribution in [2.45, 2.75) is 26.2 Å². The maximum atomic E-state index is 13.1. The maximum absolute atomic E-state index is 13.1. The van der Waals surface area contributed by atoms with E-state index in [2.05, 4.69) is 9.72 Å². The van der Waals surface area contributed by atoms with Crippen molar-refractivity contribution in [1.29, 1.82) is 0 Å². The van der Waals surface area contributed by atoms with Crippen molar-refractivity contribution in [3.05, 3.63) is 81.7 Å². The summed E-state index contributed by atoms with van der Waals surface area (Å²) in [6.07, 6.45) is 0.404. The molecule has 0 bridgehead atoms. The topological polar surface area (TPSA) is 64.3 Å². The predicted molar refractivity (Wildman–Crippen MR) is 112 cm³/mol. The van der Waals surface area contributed by atoms with Gasteiger partial charge in [-0.25, -0.2) is 4.98 Å². The molecule has 0 spiro atoms. The summed E-state index contributed by atoms with van der Waals surface area (Å²) in [5.74, 6) is 0.00205. The number of nitrogens with zero attached hydrogens (tertiary/aromatic N) is 2. The van der Waals surface area contributed by atoms with Gasteiger partial charge in [-0.15, -0.1) is 11.3 Å². The first-order valence-corrected chi connectivity index (χ1v) is 10.1. The Balaban J connectivity index is 1.63. The highest BCUT2D eigenvalue weighted by Crippen LogP contribution is 2.31. The van der Waals surface area contributed by atoms with E-state index in [0.29, 0.717) is 15.8 Å². The van der Waals surface area contributed by atoms with Gasteiger partial charge in [-0.1, -0.05) is 42.0 Å². The first-order chi connectivity index (χ1) is 14.4. The van der Waals surface area contributed by atoms with Crippen LogP contribution in [0.4, 0.5) is 8.78 Å². The standard InChI is InChI=1S/C22H18F2N2O3S/c1-13-2-4-14(5-3-13)17-11-30-20-19(17)21(28)26(12-25-20)10-18(27)15-6-8-16(9-7-15)29-22(23)24/h2-9,11-12,18,22,27H,10H2,1H3. The molecular formula is C22H18F2N2O3S. The number of benzene rings is 2. The lowest BCUT2D eigenvalue weighted by Gasteiger charge is -2.14. The van der Waals surface area contributed by atoms with Gasteiger partial charge < -0.3 is 9.84 Å². The minimum Gasteiger partial charge on any atom is -0.435 e. The molecule has 4 aromatic rings. The van der Waals surface area contributed by atoms with E-state index in [1.807, 2.05) is 36.6 Å². The second-order valence-electron chi connectivity index (χ2n) is 6.86. The number of fused-ring (bicyclic) bond motifs is 1. The lowest BCUT2D eigenvalue weighted by Crippen LogP contribution is -2.23. The van der Waals surface area contributed by atoms with E-state index in [1.165, 1.54) is 46.5 Å². The number of halogens is 2. The highest BCUT2D eigenvalue weighted by atomic mass is 32.1. The molecule has 0 radical (unpaired) electrons. The summed E-state index contributed by atoms with van der Waals surface area (Å²) in [4.78, 5) is 18.1. The SMILES string of the molecule is Cc1ccc(-c2csc3ncn(CC(O)c4ccc(OC(F)F)cc4)c(=O)c23)cc1. The van der Waals surface area contributed by atoms with Crippen molar-refractivity contribution in [1.82, 2.24) is 9.55 Å². The van der Waals surface area contributed by atoms with Crippen LogP contribution >= 0.6 is 11.3 Å². The Bertz CT molecular complexity index is 1220. The van der Waals surface area contributed by atoms with Gasteiger partial charge in [0.15, 0.2) is 0 Å². The molecule has 0 amide bonds. The van der Waals surface area contributed by atoms with Crippen LogP contribution in [0.5, 0.6) is 5.75 Å². The van der Waals surface area contributed by atoms with Crippen LogP contribution in [0.3, 0.4) is 0 Å². The molecule has 0 saturated carbocycles. The van der Waals surface area contributed by atoms with Gasteiger partial charge in [-0.3, -0.25) is 9.36 Å². The quantitative estimate of drug-likeness (QED) is 0.481. The summed E-state index contributed by atoms with van der Waals surface area (Å²) in [5, 5.41) is 13.0. The van der Waals surface area contributed by atoms with Crippen LogP contribution in [0.1, 0.15) is 17.2 Å². The van der Waals surface area contributed by atoms with Crippen LogP contribution in [0.25, 0.3) is 21.3 Å². The van der Waals surface area contributed by atoms with Crippen molar-refractivity contribution in [2.75, 3.05) is 0 Å². The molecule has 1 unspecified atom stereocenters. The number of hydrogen-bond acceptors (Lipinski definition) is 5. The zero-order valence-electron chi connectivity index (χ0n) is 16.0. The Kier molecular flexibility index (Phi) is 5.61. The molecule has 1 atom stereocenters. The van der Waals surface area contributed by atoms with Gasteiger partial charge in [0, 0.05) is 10.9 Å². The van der Waals surface area contributed by atoms with E-state index in [9.17, 15) is 18.7 Å². The zero-order chi connectivity index (χ0) is 21.3. The lowest BCUT2D eigenvalue weighted by molar-refractivity contribution is -0.0498. The first-order valence-electron chi connectivity index (χ1n) is 9.19. The number of alkyl halides is 2. The molecule has 2 aromatic carbocycles. The Morgan fingerprint density at radius 3 is 2.50 bits per heavy atom. The number of aliphatic hydroxyl groups is 1. The van der Waals surface area contributed by atoms with Crippen LogP contribution in [0.2, 0.25) is 0 Å². The average molecular weight is 428 g/mol. The number of rotatable bonds is 6. The lowest BCUT2D eigenvalue weighted by atomic mass is 10.0. The van der Waals surface area contributed by atoms with Crippen molar-refractivity contribution in [3.8, 4) is 16.9 Å². The molecule has 2 aromatic heterocycles. The van der Waals surface area contributed by atoms with Crippen LogP contribution in [-0.4, -0.2) is 21.3 Å². The van der Waals surface area contributed by atoms with Gasteiger partial charge in [-0.2, -0.15) is 8.78 Å². The van der Waals surface area contributed by atoms with Gasteiger partial charge in [0.05, 0.1) is 24.4 Å². The average Bonchev–Trinajstić information content (AvgIpc) is 3.15. The summed E-state index contributed by atoms with van der Waals surface area (Å²) in [6, 6.07) is 13.6. The van der Waals surface area contributed by atoms with Crippen molar-refractivity contribution < 1.29 is 18.6 Å². The highest BCUT2D eigenvalue weighted by Gasteiger charge is 2.16. The van der Waals surface area contributed by atoms with E-state index in [0.717, 1.165) is 16.7 Å². The minimum absolute atomic E-state index is 0.00205. The summed E-state index contributed by atoms with van der Waals surface area (Å²) < 4.78 is 30.2. The summed E-state index contributed by atoms with van der Waals surface area (Å²) in [7, 11) is 0. The van der Waals surface area contributed by atoms with E-state index in [1.54, 1.807) is 0 Å². The van der Waals surface area contributed by atoms with Gasteiger partial charge in [-0.05, 0) is 30.2 Å². The van der Waals surface area contributed by atoms with E-state index >= 15 is 0 Å². The first kappa shape index (κ1) is 20.2. The fourth-order valence-corrected chi connectivity index (χ4v) is 4.11. The Morgan fingerprint density at radius 1 is 1.13 bits per heavy atom. The highest BCUT2D eigenvalue weighted by molar-refractivity contribution is 7.17. The van der Waals surface area contributed by atoms with E-state index < -0.39 is 12.7 Å². The van der Waals surface area contributed by atoms with Crippen molar-refractivity contribution >= 4 is 21.6 Å². The molecule has 4 rings (SSSR count). The summed E-state index contributed by atoms with van der Waals surface area (Å²) in [6.45, 7) is -0.928. The molecule has 0 aliphatic carbocycles. The number of aliphatic hydroxyl groups excluding tert-OH is 1. The summed E-state index contributed by atoms with van der Waals surface area (Å²) >= 11 is 1.40. The van der Waals surface area contributed by atoms with Crippen LogP contribution < -0.4 is 10.3 Å². The Morgan fingerprint density at radius 2 is 1.83 bits per heavy atom. The summed E-state index contributed by atoms with van der Waals surface area (Å²) in [5.41, 5.74) is 3.10. The smallest absolute Gasteiger partial charge is 0.387 e. The van der Waals surface area contributed by atoms with E-state index in [-0.39, 0.29) is 17.9 Å². The number of aromatic nitrogens is 2. The van der Waals surface area contributed by atoms with Gasteiger partial charge >= 0.3 is 6.61 Å². The third-order valence-corrected chi connectivity index (χ3v) is 5.67. The van der Waals surface area contributed by atoms with Crippen molar-refractivity contribution in [2.24, 2.45) is 0 Å². The number of ether oxygens (including phenoxy) is 1. The fraction of sp³-hybridized carbons (Fsp3) is 0.182. The molecule has 0 saturated heterocycles. The second-order valence-corrected chi connectivity index (χ2v) is 7.72. The number of hydrogen-bond donors (Lipinski definition) is 1. The molecule has 0 aliphatic heterocycles. The molecule has 8 heteroatoms. The number of aryl methyl sites for hydroxylation is 1. The van der Waals surface area contributed by atoms with Crippen LogP contribution in [0.15, 0.2) is 65.0 Å². The molecule has 30 heavy (non-hydrogen) atoms. The molecule has 0 fully saturated rings. The van der Waals surface area contributed by atoms with Crippen molar-refractivity contribution in [3.63, 3.8) is 0 Å². The molecule has 2 heterocycles. The largest absolute Gasteiger partial charge is 0.435 e. The van der Waals surface area contributed by atoms with Crippen LogP contribution in [0, 0.1) is 6.92 Å². The molecule has 0 aliphatic rings. The van der Waals surface area contributed by atoms with Gasteiger partial charge in [0.2, 0.25) is 0 Å². The second kappa shape index (κ2) is 8.33. The maximum Gasteiger partial charge on any atom is 0.387 e. The molecule has 5 nitrogen and oxygen atoms in total. The van der Waals surface area contributed by atoms with Gasteiger partial charge in [0.1, 0.15) is 10.6 Å². The predicted octanol–water partition coefficient (Wildman–Crippen LogP) is 4.77. The third kappa shape index (κ3) is 4.10. The zero-order valence-corrected chi connectivity index (χ0v) is 16.8. The van der Waals surface area contributed by atoms with Gasteiger partial charge in [0.25, 0.3) is 5.56 Å². The Hall–Kier alpha value is -3.10. The third-order valence-electron chi connectivity index (χ3n) is 4.78. The molecular weight excluding hydrogens is 410 g/mol. The Labute approximate surface area is 174 Å².